The van der Waals surface area contributed by atoms with Gasteiger partial charge >= 0.3 is 0 Å². The van der Waals surface area contributed by atoms with Crippen molar-refractivity contribution >= 4 is 11.0 Å². The summed E-state index contributed by atoms with van der Waals surface area (Å²) in [7, 11) is 0. The second-order valence-electron chi connectivity index (χ2n) is 5.80. The molecule has 1 atom stereocenters. The Morgan fingerprint density at radius 2 is 2.20 bits per heavy atom. The van der Waals surface area contributed by atoms with Gasteiger partial charge in [-0.1, -0.05) is 0 Å². The molecule has 4 nitrogen and oxygen atoms in total. The van der Waals surface area contributed by atoms with E-state index in [1.807, 2.05) is 6.33 Å². The van der Waals surface area contributed by atoms with Gasteiger partial charge in [-0.25, -0.2) is 4.98 Å². The number of nitrogens with zero attached hydrogens (tertiary/aromatic N) is 2. The Balaban J connectivity index is 1.58. The highest BCUT2D eigenvalue weighted by Crippen LogP contribution is 2.18. The maximum absolute atomic E-state index is 5.39. The molecule has 4 heteroatoms. The number of imidazole rings is 1. The van der Waals surface area contributed by atoms with Gasteiger partial charge < -0.3 is 14.6 Å². The highest BCUT2D eigenvalue weighted by Gasteiger charge is 2.14. The lowest BCUT2D eigenvalue weighted by molar-refractivity contribution is 0.185. The van der Waals surface area contributed by atoms with Crippen LogP contribution in [-0.4, -0.2) is 35.9 Å². The molecule has 0 aliphatic carbocycles. The Kier molecular flexibility index (Phi) is 4.03. The molecule has 0 spiro atoms. The lowest BCUT2D eigenvalue weighted by Crippen LogP contribution is -2.26. The van der Waals surface area contributed by atoms with Gasteiger partial charge in [0, 0.05) is 26.2 Å². The maximum atomic E-state index is 5.39. The zero-order chi connectivity index (χ0) is 13.9. The first-order valence-electron chi connectivity index (χ1n) is 7.44. The minimum absolute atomic E-state index is 0.694. The summed E-state index contributed by atoms with van der Waals surface area (Å²) in [5.41, 5.74) is 4.97. The average molecular weight is 273 g/mol. The highest BCUT2D eigenvalue weighted by atomic mass is 16.5. The summed E-state index contributed by atoms with van der Waals surface area (Å²) in [5, 5.41) is 3.53. The fourth-order valence-electron chi connectivity index (χ4n) is 2.74. The molecule has 2 aromatic rings. The molecule has 1 aromatic carbocycles. The van der Waals surface area contributed by atoms with Crippen molar-refractivity contribution in [2.45, 2.75) is 26.8 Å². The fraction of sp³-hybridized carbons (Fsp3) is 0.562. The number of aryl methyl sites for hydroxylation is 2. The standard InChI is InChI=1S/C16H23N3O/c1-12-7-15-16(8-13(12)2)19(11-18-15)5-4-17-9-14-3-6-20-10-14/h7-8,11,14,17H,3-6,9-10H2,1-2H3. The molecular formula is C16H23N3O. The normalized spacial score (nSPS) is 19.0. The van der Waals surface area contributed by atoms with Crippen LogP contribution in [0.4, 0.5) is 0 Å². The van der Waals surface area contributed by atoms with E-state index in [9.17, 15) is 0 Å². The molecule has 1 aromatic heterocycles. The van der Waals surface area contributed by atoms with Gasteiger partial charge in [0.1, 0.15) is 0 Å². The van der Waals surface area contributed by atoms with Crippen molar-refractivity contribution in [1.82, 2.24) is 14.9 Å². The summed E-state index contributed by atoms with van der Waals surface area (Å²) in [6.07, 6.45) is 3.14. The van der Waals surface area contributed by atoms with Crippen molar-refractivity contribution in [3.8, 4) is 0 Å². The van der Waals surface area contributed by atoms with Crippen LogP contribution in [0.3, 0.4) is 0 Å². The molecule has 1 aliphatic heterocycles. The Bertz CT molecular complexity index is 585. The Morgan fingerprint density at radius 1 is 1.35 bits per heavy atom. The first kappa shape index (κ1) is 13.6. The van der Waals surface area contributed by atoms with Crippen LogP contribution in [0.25, 0.3) is 11.0 Å². The van der Waals surface area contributed by atoms with Crippen molar-refractivity contribution in [3.05, 3.63) is 29.6 Å². The van der Waals surface area contributed by atoms with E-state index in [4.69, 9.17) is 4.74 Å². The molecule has 1 N–H and O–H groups in total. The molecule has 1 aliphatic rings. The van der Waals surface area contributed by atoms with E-state index in [-0.39, 0.29) is 0 Å². The maximum Gasteiger partial charge on any atom is 0.0958 e. The van der Waals surface area contributed by atoms with Crippen LogP contribution in [0.5, 0.6) is 0 Å². The van der Waals surface area contributed by atoms with Gasteiger partial charge in [-0.05, 0) is 49.4 Å². The van der Waals surface area contributed by atoms with Crippen molar-refractivity contribution < 1.29 is 4.74 Å². The van der Waals surface area contributed by atoms with Crippen LogP contribution in [0.2, 0.25) is 0 Å². The number of rotatable bonds is 5. The minimum Gasteiger partial charge on any atom is -0.381 e. The third-order valence-electron chi connectivity index (χ3n) is 4.22. The molecule has 2 heterocycles. The fourth-order valence-corrected chi connectivity index (χ4v) is 2.74. The van der Waals surface area contributed by atoms with Crippen molar-refractivity contribution in [2.75, 3.05) is 26.3 Å². The molecular weight excluding hydrogens is 250 g/mol. The number of fused-ring (bicyclic) bond motifs is 1. The molecule has 1 fully saturated rings. The Labute approximate surface area is 120 Å². The summed E-state index contributed by atoms with van der Waals surface area (Å²) in [6.45, 7) is 9.15. The summed E-state index contributed by atoms with van der Waals surface area (Å²) >= 11 is 0. The molecule has 0 radical (unpaired) electrons. The van der Waals surface area contributed by atoms with E-state index in [0.29, 0.717) is 5.92 Å². The van der Waals surface area contributed by atoms with Crippen molar-refractivity contribution in [2.24, 2.45) is 5.92 Å². The van der Waals surface area contributed by atoms with Crippen LogP contribution in [-0.2, 0) is 11.3 Å². The number of ether oxygens (including phenoxy) is 1. The van der Waals surface area contributed by atoms with Crippen molar-refractivity contribution in [3.63, 3.8) is 0 Å². The topological polar surface area (TPSA) is 39.1 Å². The van der Waals surface area contributed by atoms with E-state index >= 15 is 0 Å². The van der Waals surface area contributed by atoms with Gasteiger partial charge in [-0.3, -0.25) is 0 Å². The third kappa shape index (κ3) is 2.86. The van der Waals surface area contributed by atoms with Crippen molar-refractivity contribution in [1.29, 1.82) is 0 Å². The molecule has 0 bridgehead atoms. The first-order valence-corrected chi connectivity index (χ1v) is 7.44. The molecule has 108 valence electrons. The Morgan fingerprint density at radius 3 is 3.00 bits per heavy atom. The quantitative estimate of drug-likeness (QED) is 0.850. The SMILES string of the molecule is Cc1cc2ncn(CCNCC3CCOC3)c2cc1C. The summed E-state index contributed by atoms with van der Waals surface area (Å²) in [6, 6.07) is 4.41. The zero-order valence-corrected chi connectivity index (χ0v) is 12.4. The van der Waals surface area contributed by atoms with Crippen LogP contribution in [0.1, 0.15) is 17.5 Å². The molecule has 20 heavy (non-hydrogen) atoms. The summed E-state index contributed by atoms with van der Waals surface area (Å²) in [4.78, 5) is 4.49. The van der Waals surface area contributed by atoms with Gasteiger partial charge in [0.25, 0.3) is 0 Å². The zero-order valence-electron chi connectivity index (χ0n) is 12.4. The largest absolute Gasteiger partial charge is 0.381 e. The van der Waals surface area contributed by atoms with Gasteiger partial charge in [0.05, 0.1) is 24.0 Å². The predicted octanol–water partition coefficient (Wildman–Crippen LogP) is 2.28. The summed E-state index contributed by atoms with van der Waals surface area (Å²) in [5.74, 6) is 0.694. The van der Waals surface area contributed by atoms with Crippen LogP contribution >= 0.6 is 0 Å². The Hall–Kier alpha value is -1.39. The van der Waals surface area contributed by atoms with Crippen LogP contribution in [0, 0.1) is 19.8 Å². The summed E-state index contributed by atoms with van der Waals surface area (Å²) < 4.78 is 7.62. The van der Waals surface area contributed by atoms with Gasteiger partial charge in [0.15, 0.2) is 0 Å². The minimum atomic E-state index is 0.694. The second-order valence-corrected chi connectivity index (χ2v) is 5.80. The van der Waals surface area contributed by atoms with Gasteiger partial charge in [-0.2, -0.15) is 0 Å². The van der Waals surface area contributed by atoms with Gasteiger partial charge in [-0.15, -0.1) is 0 Å². The molecule has 3 rings (SSSR count). The number of nitrogens with one attached hydrogen (secondary N) is 1. The van der Waals surface area contributed by atoms with E-state index < -0.39 is 0 Å². The van der Waals surface area contributed by atoms with E-state index in [1.54, 1.807) is 0 Å². The lowest BCUT2D eigenvalue weighted by Gasteiger charge is -2.10. The van der Waals surface area contributed by atoms with Crippen LogP contribution in [0.15, 0.2) is 18.5 Å². The molecule has 1 saturated heterocycles. The number of benzene rings is 1. The molecule has 1 unspecified atom stereocenters. The average Bonchev–Trinajstić information content (AvgIpc) is 3.06. The number of hydrogen-bond acceptors (Lipinski definition) is 3. The van der Waals surface area contributed by atoms with Gasteiger partial charge in [0.2, 0.25) is 0 Å². The monoisotopic (exact) mass is 273 g/mol. The molecule has 0 saturated carbocycles. The van der Waals surface area contributed by atoms with E-state index in [2.05, 4.69) is 40.8 Å². The smallest absolute Gasteiger partial charge is 0.0958 e. The van der Waals surface area contributed by atoms with E-state index in [0.717, 1.165) is 38.4 Å². The number of aromatic nitrogens is 2. The lowest BCUT2D eigenvalue weighted by atomic mass is 10.1. The first-order chi connectivity index (χ1) is 9.74. The second kappa shape index (κ2) is 5.94. The number of hydrogen-bond donors (Lipinski definition) is 1. The third-order valence-corrected chi connectivity index (χ3v) is 4.22. The predicted molar refractivity (Wildman–Crippen MR) is 81.0 cm³/mol. The van der Waals surface area contributed by atoms with E-state index in [1.165, 1.54) is 23.1 Å². The molecule has 0 amide bonds. The van der Waals surface area contributed by atoms with Crippen LogP contribution < -0.4 is 5.32 Å². The highest BCUT2D eigenvalue weighted by molar-refractivity contribution is 5.77.